The van der Waals surface area contributed by atoms with Gasteiger partial charge in [0.2, 0.25) is 5.82 Å². The molecule has 2 amide bonds. The minimum absolute atomic E-state index is 0.211. The molecule has 3 aromatic carbocycles. The molecule has 0 aliphatic carbocycles. The van der Waals surface area contributed by atoms with Gasteiger partial charge in [0.25, 0.3) is 5.89 Å². The van der Waals surface area contributed by atoms with Crippen molar-refractivity contribution in [1.29, 1.82) is 0 Å². The highest BCUT2D eigenvalue weighted by molar-refractivity contribution is 6.01. The Balaban J connectivity index is 1.61. The second kappa shape index (κ2) is 9.70. The topological polar surface area (TPSA) is 80.5 Å². The SMILES string of the molecule is CCOc1ccc(-c2noc(C3=C(C)N(c4ccccc4)C(=O)NC3c3ccc(C)c(C)c3)n2)cc1. The number of urea groups is 1. The minimum Gasteiger partial charge on any atom is -0.494 e. The fraction of sp³-hybridized carbons (Fsp3) is 0.207. The average Bonchev–Trinajstić information content (AvgIpc) is 3.36. The predicted molar refractivity (Wildman–Crippen MR) is 140 cm³/mol. The van der Waals surface area contributed by atoms with Crippen molar-refractivity contribution in [2.45, 2.75) is 33.7 Å². The molecule has 182 valence electrons. The number of carbonyl (C=O) groups is 1. The molecular weight excluding hydrogens is 452 g/mol. The predicted octanol–water partition coefficient (Wildman–Crippen LogP) is 6.45. The summed E-state index contributed by atoms with van der Waals surface area (Å²) < 4.78 is 11.3. The Morgan fingerprint density at radius 2 is 1.72 bits per heavy atom. The van der Waals surface area contributed by atoms with Crippen molar-refractivity contribution in [2.75, 3.05) is 11.5 Å². The zero-order valence-corrected chi connectivity index (χ0v) is 20.8. The molecule has 1 aliphatic heterocycles. The van der Waals surface area contributed by atoms with Gasteiger partial charge in [-0.15, -0.1) is 0 Å². The molecule has 0 bridgehead atoms. The molecule has 5 rings (SSSR count). The van der Waals surface area contributed by atoms with E-state index in [0.717, 1.165) is 39.4 Å². The summed E-state index contributed by atoms with van der Waals surface area (Å²) >= 11 is 0. The van der Waals surface area contributed by atoms with E-state index in [1.165, 1.54) is 5.56 Å². The molecule has 1 atom stereocenters. The van der Waals surface area contributed by atoms with Crippen LogP contribution in [0.1, 0.15) is 42.5 Å². The Hall–Kier alpha value is -4.39. The number of anilines is 1. The summed E-state index contributed by atoms with van der Waals surface area (Å²) in [4.78, 5) is 19.7. The van der Waals surface area contributed by atoms with Gasteiger partial charge in [-0.1, -0.05) is 41.6 Å². The number of benzene rings is 3. The number of hydrogen-bond acceptors (Lipinski definition) is 5. The lowest BCUT2D eigenvalue weighted by atomic mass is 9.92. The van der Waals surface area contributed by atoms with Gasteiger partial charge in [0.1, 0.15) is 5.75 Å². The third kappa shape index (κ3) is 4.35. The second-order valence-corrected chi connectivity index (χ2v) is 8.78. The van der Waals surface area contributed by atoms with E-state index in [-0.39, 0.29) is 6.03 Å². The molecule has 7 nitrogen and oxygen atoms in total. The highest BCUT2D eigenvalue weighted by Crippen LogP contribution is 2.39. The summed E-state index contributed by atoms with van der Waals surface area (Å²) in [7, 11) is 0. The molecule has 0 saturated heterocycles. The van der Waals surface area contributed by atoms with Crippen LogP contribution in [0.25, 0.3) is 17.0 Å². The van der Waals surface area contributed by atoms with E-state index >= 15 is 0 Å². The van der Waals surface area contributed by atoms with Crippen molar-refractivity contribution in [1.82, 2.24) is 15.5 Å². The Morgan fingerprint density at radius 3 is 2.42 bits per heavy atom. The summed E-state index contributed by atoms with van der Waals surface area (Å²) in [6.45, 7) is 8.59. The van der Waals surface area contributed by atoms with Crippen LogP contribution < -0.4 is 15.0 Å². The summed E-state index contributed by atoms with van der Waals surface area (Å²) in [5.41, 5.74) is 6.34. The summed E-state index contributed by atoms with van der Waals surface area (Å²) in [6.07, 6.45) is 0. The molecular formula is C29H28N4O3. The van der Waals surface area contributed by atoms with Gasteiger partial charge >= 0.3 is 6.03 Å². The highest BCUT2D eigenvalue weighted by atomic mass is 16.5. The van der Waals surface area contributed by atoms with Crippen LogP contribution in [-0.4, -0.2) is 22.8 Å². The lowest BCUT2D eigenvalue weighted by molar-refractivity contribution is 0.244. The third-order valence-electron chi connectivity index (χ3n) is 6.44. The maximum absolute atomic E-state index is 13.3. The van der Waals surface area contributed by atoms with E-state index in [9.17, 15) is 4.79 Å². The largest absolute Gasteiger partial charge is 0.494 e. The van der Waals surface area contributed by atoms with E-state index < -0.39 is 6.04 Å². The number of carbonyl (C=O) groups excluding carboxylic acids is 1. The number of rotatable bonds is 6. The number of allylic oxidation sites excluding steroid dienone is 1. The molecule has 0 spiro atoms. The first-order valence-electron chi connectivity index (χ1n) is 12.0. The van der Waals surface area contributed by atoms with Gasteiger partial charge < -0.3 is 14.6 Å². The zero-order valence-electron chi connectivity index (χ0n) is 20.8. The molecule has 1 aromatic heterocycles. The van der Waals surface area contributed by atoms with Crippen LogP contribution in [0, 0.1) is 13.8 Å². The fourth-order valence-corrected chi connectivity index (χ4v) is 4.42. The van der Waals surface area contributed by atoms with Gasteiger partial charge in [-0.05, 0) is 80.8 Å². The van der Waals surface area contributed by atoms with Crippen molar-refractivity contribution in [3.8, 4) is 17.1 Å². The van der Waals surface area contributed by atoms with Crippen molar-refractivity contribution < 1.29 is 14.1 Å². The summed E-state index contributed by atoms with van der Waals surface area (Å²) in [5.74, 6) is 1.61. The van der Waals surface area contributed by atoms with Crippen molar-refractivity contribution >= 4 is 17.3 Å². The normalized spacial score (nSPS) is 15.7. The van der Waals surface area contributed by atoms with E-state index in [1.54, 1.807) is 4.90 Å². The van der Waals surface area contributed by atoms with Gasteiger partial charge in [0.05, 0.1) is 23.9 Å². The molecule has 1 aliphatic rings. The van der Waals surface area contributed by atoms with Crippen LogP contribution in [0.2, 0.25) is 0 Å². The third-order valence-corrected chi connectivity index (χ3v) is 6.44. The van der Waals surface area contributed by atoms with Crippen molar-refractivity contribution in [3.63, 3.8) is 0 Å². The van der Waals surface area contributed by atoms with Crippen LogP contribution in [0.4, 0.5) is 10.5 Å². The molecule has 2 heterocycles. The number of nitrogens with zero attached hydrogens (tertiary/aromatic N) is 3. The first kappa shape index (κ1) is 23.4. The van der Waals surface area contributed by atoms with Gasteiger partial charge in [0.15, 0.2) is 0 Å². The van der Waals surface area contributed by atoms with Crippen molar-refractivity contribution in [2.24, 2.45) is 0 Å². The number of amides is 2. The van der Waals surface area contributed by atoms with Gasteiger partial charge in [-0.3, -0.25) is 4.90 Å². The number of aromatic nitrogens is 2. The summed E-state index contributed by atoms with van der Waals surface area (Å²) in [5, 5.41) is 7.42. The molecule has 0 radical (unpaired) electrons. The molecule has 4 aromatic rings. The number of para-hydroxylation sites is 1. The Kier molecular flexibility index (Phi) is 6.29. The van der Waals surface area contributed by atoms with Crippen LogP contribution in [0.15, 0.2) is 83.0 Å². The Bertz CT molecular complexity index is 1420. The first-order valence-corrected chi connectivity index (χ1v) is 12.0. The van der Waals surface area contributed by atoms with E-state index in [1.807, 2.05) is 74.5 Å². The standard InChI is InChI=1S/C29H28N4O3/c1-5-35-24-15-13-21(14-16-24)27-31-28(36-32-27)25-20(4)33(23-9-7-6-8-10-23)29(34)30-26(25)22-12-11-18(2)19(3)17-22/h6-17,26H,5H2,1-4H3,(H,30,34). The lowest BCUT2D eigenvalue weighted by Crippen LogP contribution is -2.46. The highest BCUT2D eigenvalue weighted by Gasteiger charge is 2.36. The van der Waals surface area contributed by atoms with Gasteiger partial charge in [-0.2, -0.15) is 4.98 Å². The van der Waals surface area contributed by atoms with E-state index in [4.69, 9.17) is 14.2 Å². The monoisotopic (exact) mass is 480 g/mol. The minimum atomic E-state index is -0.439. The van der Waals surface area contributed by atoms with Crippen molar-refractivity contribution in [3.05, 3.63) is 101 Å². The van der Waals surface area contributed by atoms with Crippen LogP contribution >= 0.6 is 0 Å². The quantitative estimate of drug-likeness (QED) is 0.343. The number of aryl methyl sites for hydroxylation is 2. The molecule has 7 heteroatoms. The van der Waals surface area contributed by atoms with Crippen LogP contribution in [-0.2, 0) is 0 Å². The Labute approximate surface area is 210 Å². The Morgan fingerprint density at radius 1 is 0.972 bits per heavy atom. The number of ether oxygens (including phenoxy) is 1. The second-order valence-electron chi connectivity index (χ2n) is 8.78. The molecule has 1 unspecified atom stereocenters. The number of hydrogen-bond donors (Lipinski definition) is 1. The molecule has 0 fully saturated rings. The maximum atomic E-state index is 13.3. The fourth-order valence-electron chi connectivity index (χ4n) is 4.42. The molecule has 36 heavy (non-hydrogen) atoms. The van der Waals surface area contributed by atoms with E-state index in [0.29, 0.717) is 18.3 Å². The maximum Gasteiger partial charge on any atom is 0.326 e. The van der Waals surface area contributed by atoms with Crippen LogP contribution in [0.3, 0.4) is 0 Å². The number of nitrogens with one attached hydrogen (secondary N) is 1. The summed E-state index contributed by atoms with van der Waals surface area (Å²) in [6, 6.07) is 22.6. The molecule has 0 saturated carbocycles. The van der Waals surface area contributed by atoms with E-state index in [2.05, 4.69) is 36.5 Å². The van der Waals surface area contributed by atoms with Gasteiger partial charge in [-0.25, -0.2) is 4.79 Å². The van der Waals surface area contributed by atoms with Gasteiger partial charge in [0, 0.05) is 11.3 Å². The van der Waals surface area contributed by atoms with Crippen LogP contribution in [0.5, 0.6) is 5.75 Å². The lowest BCUT2D eigenvalue weighted by Gasteiger charge is -2.35. The smallest absolute Gasteiger partial charge is 0.326 e. The first-order chi connectivity index (χ1) is 17.5. The zero-order chi connectivity index (χ0) is 25.2. The average molecular weight is 481 g/mol. The molecule has 1 N–H and O–H groups in total.